The minimum absolute atomic E-state index is 0. The van der Waals surface area contributed by atoms with Gasteiger partial charge in [-0.2, -0.15) is 0 Å². The molecular formula is LiO4Re. The first-order valence-electron chi connectivity index (χ1n) is 0.617. The molecule has 4 nitrogen and oxygen atoms in total. The van der Waals surface area contributed by atoms with Crippen molar-refractivity contribution in [2.45, 2.75) is 0 Å². The first-order chi connectivity index (χ1) is 2.00. The van der Waals surface area contributed by atoms with E-state index in [2.05, 4.69) is 0 Å². The molecule has 0 saturated carbocycles. The van der Waals surface area contributed by atoms with Crippen LogP contribution in [0.1, 0.15) is 0 Å². The van der Waals surface area contributed by atoms with Gasteiger partial charge in [-0.05, 0) is 0 Å². The molecule has 6 heteroatoms. The second-order valence-corrected chi connectivity index (χ2v) is 3.09. The van der Waals surface area contributed by atoms with Crippen molar-refractivity contribution in [1.82, 2.24) is 0 Å². The van der Waals surface area contributed by atoms with Crippen molar-refractivity contribution < 1.29 is 48.9 Å². The van der Waals surface area contributed by atoms with E-state index >= 15 is 0 Å². The van der Waals surface area contributed by atoms with E-state index in [1.54, 1.807) is 0 Å². The summed E-state index contributed by atoms with van der Waals surface area (Å²) >= 11 is -6.11. The van der Waals surface area contributed by atoms with Crippen LogP contribution in [-0.2, 0) is 26.2 Å². The molecule has 0 heterocycles. The Bertz CT molecular complexity index is 129. The first-order valence-corrected chi connectivity index (χ1v) is 5.05. The molecule has 0 fully saturated rings. The summed E-state index contributed by atoms with van der Waals surface area (Å²) in [5.41, 5.74) is 0. The monoisotopic (exact) mass is 258 g/mol. The van der Waals surface area contributed by atoms with Crippen LogP contribution in [0.5, 0.6) is 0 Å². The quantitative estimate of drug-likeness (QED) is 0.410. The van der Waals surface area contributed by atoms with Crippen molar-refractivity contribution in [2.24, 2.45) is 0 Å². The Hall–Kier alpha value is 0.620. The van der Waals surface area contributed by atoms with Gasteiger partial charge in [0.1, 0.15) is 0 Å². The Morgan fingerprint density at radius 3 is 1.17 bits per heavy atom. The van der Waals surface area contributed by atoms with Crippen molar-refractivity contribution in [3.8, 4) is 0 Å². The van der Waals surface area contributed by atoms with E-state index in [4.69, 9.17) is 14.2 Å². The van der Waals surface area contributed by atoms with Gasteiger partial charge in [-0.3, -0.25) is 0 Å². The summed E-state index contributed by atoms with van der Waals surface area (Å²) in [4.78, 5) is 0. The van der Waals surface area contributed by atoms with Crippen LogP contribution in [0.15, 0.2) is 0 Å². The Labute approximate surface area is 49.1 Å². The van der Waals surface area contributed by atoms with E-state index in [0.717, 1.165) is 0 Å². The van der Waals surface area contributed by atoms with Crippen molar-refractivity contribution in [1.29, 1.82) is 0 Å². The molecule has 0 N–H and O–H groups in total. The molecule has 0 unspecified atom stereocenters. The topological polar surface area (TPSA) is 74.3 Å². The zero-order valence-corrected chi connectivity index (χ0v) is 5.73. The Kier molecular flexibility index (Phi) is 4.47. The average molecular weight is 257 g/mol. The zero-order valence-electron chi connectivity index (χ0n) is 3.01. The molecule has 0 saturated heterocycles. The van der Waals surface area contributed by atoms with Gasteiger partial charge in [0, 0.05) is 0 Å². The second-order valence-electron chi connectivity index (χ2n) is 0.378. The molecule has 0 aliphatic heterocycles. The molecule has 0 radical (unpaired) electrons. The normalized spacial score (nSPS) is 9.50. The molecule has 0 atom stereocenters. The van der Waals surface area contributed by atoms with Gasteiger partial charge in [0.2, 0.25) is 0 Å². The molecule has 32 valence electrons. The molecule has 0 spiro atoms. The third kappa shape index (κ3) is 158. The molecule has 0 amide bonds. The summed E-state index contributed by atoms with van der Waals surface area (Å²) in [6, 6.07) is 0. The molecular weight excluding hydrogens is 257 g/mol. The van der Waals surface area contributed by atoms with E-state index in [9.17, 15) is 0 Å². The van der Waals surface area contributed by atoms with Crippen LogP contribution in [0.4, 0.5) is 0 Å². The van der Waals surface area contributed by atoms with Gasteiger partial charge in [-0.25, -0.2) is 0 Å². The summed E-state index contributed by atoms with van der Waals surface area (Å²) in [6.07, 6.45) is 0. The van der Waals surface area contributed by atoms with Gasteiger partial charge in [0.15, 0.2) is 0 Å². The summed E-state index contributed by atoms with van der Waals surface area (Å²) in [5, 5.41) is 0. The van der Waals surface area contributed by atoms with E-state index in [1.165, 1.54) is 0 Å². The zero-order chi connectivity index (χ0) is 4.50. The van der Waals surface area contributed by atoms with Crippen molar-refractivity contribution in [3.63, 3.8) is 0 Å². The standard InChI is InChI=1S/Li.4O.Re/q+1;;;;-1;. The fourth-order valence-corrected chi connectivity index (χ4v) is 0. The summed E-state index contributed by atoms with van der Waals surface area (Å²) in [5.74, 6) is 0. The average Bonchev–Trinajstić information content (AvgIpc) is 0.722. The van der Waals surface area contributed by atoms with Crippen molar-refractivity contribution >= 4 is 0 Å². The van der Waals surface area contributed by atoms with E-state index in [0.29, 0.717) is 0 Å². The van der Waals surface area contributed by atoms with E-state index in [1.807, 2.05) is 0 Å². The number of hydrogen-bond donors (Lipinski definition) is 0. The maximum atomic E-state index is 8.64. The predicted octanol–water partition coefficient (Wildman–Crippen LogP) is -4.54. The van der Waals surface area contributed by atoms with Gasteiger partial charge in [0.25, 0.3) is 0 Å². The van der Waals surface area contributed by atoms with Crippen LogP contribution in [0, 0.1) is 0 Å². The van der Waals surface area contributed by atoms with Crippen LogP contribution < -0.4 is 22.7 Å². The minimum atomic E-state index is -6.11. The molecule has 0 aromatic rings. The molecule has 0 aromatic carbocycles. The van der Waals surface area contributed by atoms with Crippen LogP contribution in [0.25, 0.3) is 0 Å². The molecule has 0 aromatic heterocycles. The fourth-order valence-electron chi connectivity index (χ4n) is 0. The van der Waals surface area contributed by atoms with Gasteiger partial charge < -0.3 is 0 Å². The summed E-state index contributed by atoms with van der Waals surface area (Å²) in [7, 11) is 0. The molecule has 0 aliphatic rings. The van der Waals surface area contributed by atoms with Crippen molar-refractivity contribution in [2.75, 3.05) is 0 Å². The number of hydrogen-bond acceptors (Lipinski definition) is 4. The third-order valence-electron chi connectivity index (χ3n) is 0. The summed E-state index contributed by atoms with van der Waals surface area (Å²) in [6.45, 7) is 0. The fraction of sp³-hybridized carbons (Fsp3) is 0. The van der Waals surface area contributed by atoms with Gasteiger partial charge in [0.05, 0.1) is 0 Å². The Morgan fingerprint density at radius 1 is 1.17 bits per heavy atom. The molecule has 0 rings (SSSR count). The van der Waals surface area contributed by atoms with E-state index in [-0.39, 0.29) is 18.9 Å². The third-order valence-corrected chi connectivity index (χ3v) is 0. The second kappa shape index (κ2) is 2.74. The van der Waals surface area contributed by atoms with Crippen LogP contribution in [0.2, 0.25) is 0 Å². The molecule has 0 aliphatic carbocycles. The van der Waals surface area contributed by atoms with Crippen LogP contribution in [-0.4, -0.2) is 0 Å². The van der Waals surface area contributed by atoms with Gasteiger partial charge in [-0.15, -0.1) is 0 Å². The molecule has 6 heavy (non-hydrogen) atoms. The molecule has 0 bridgehead atoms. The van der Waals surface area contributed by atoms with E-state index < -0.39 is 15.8 Å². The number of rotatable bonds is 0. The predicted molar refractivity (Wildman–Crippen MR) is 2.06 cm³/mol. The van der Waals surface area contributed by atoms with Crippen LogP contribution in [0.3, 0.4) is 0 Å². The Balaban J connectivity index is 0. The first kappa shape index (κ1) is 9.80. The SMILES string of the molecule is [Li+].[O]=[Re](=[O])(=[O])[O-]. The maximum absolute atomic E-state index is 8.64. The van der Waals surface area contributed by atoms with Gasteiger partial charge >= 0.3 is 48.9 Å². The van der Waals surface area contributed by atoms with Crippen LogP contribution >= 0.6 is 0 Å². The van der Waals surface area contributed by atoms with Crippen molar-refractivity contribution in [3.05, 3.63) is 0 Å². The van der Waals surface area contributed by atoms with Gasteiger partial charge in [-0.1, -0.05) is 0 Å². The Morgan fingerprint density at radius 2 is 1.17 bits per heavy atom. The summed E-state index contributed by atoms with van der Waals surface area (Å²) < 4.78 is 34.6.